The van der Waals surface area contributed by atoms with Crippen molar-refractivity contribution in [3.8, 4) is 0 Å². The number of carbonyl (C=O) groups is 1. The molecule has 1 aromatic carbocycles. The van der Waals surface area contributed by atoms with E-state index in [-0.39, 0.29) is 24.1 Å². The summed E-state index contributed by atoms with van der Waals surface area (Å²) in [7, 11) is 1.35. The van der Waals surface area contributed by atoms with Crippen LogP contribution in [0.3, 0.4) is 0 Å². The van der Waals surface area contributed by atoms with Crippen LogP contribution in [0.2, 0.25) is 0 Å². The van der Waals surface area contributed by atoms with Gasteiger partial charge < -0.3 is 10.6 Å². The lowest BCUT2D eigenvalue weighted by atomic mass is 10.1. The van der Waals surface area contributed by atoms with Crippen LogP contribution in [-0.4, -0.2) is 29.6 Å². The van der Waals surface area contributed by atoms with E-state index in [0.717, 1.165) is 12.1 Å². The van der Waals surface area contributed by atoms with E-state index in [2.05, 4.69) is 10.6 Å². The van der Waals surface area contributed by atoms with Gasteiger partial charge in [0.2, 0.25) is 0 Å². The number of nitrogens with zero attached hydrogens (tertiary/aromatic N) is 1. The number of halogens is 3. The third kappa shape index (κ3) is 2.76. The molecule has 0 atom stereocenters. The van der Waals surface area contributed by atoms with E-state index >= 15 is 0 Å². The molecule has 1 aromatic rings. The summed E-state index contributed by atoms with van der Waals surface area (Å²) in [5.41, 5.74) is -2.91. The molecule has 21 heavy (non-hydrogen) atoms. The maximum atomic E-state index is 12.9. The highest BCUT2D eigenvalue weighted by atomic mass is 19.4. The summed E-state index contributed by atoms with van der Waals surface area (Å²) < 4.78 is 38.6. The molecule has 0 unspecified atom stereocenters. The number of rotatable bonds is 4. The van der Waals surface area contributed by atoms with Crippen LogP contribution in [0.4, 0.5) is 24.5 Å². The zero-order valence-electron chi connectivity index (χ0n) is 11.0. The maximum absolute atomic E-state index is 12.9. The SMILES string of the molecule is CNC(=O)c1ccc(NC2(C(F)(F)F)CC2)c([N+](=O)[O-])c1. The molecule has 0 bridgehead atoms. The third-order valence-electron chi connectivity index (χ3n) is 3.35. The number of alkyl halides is 3. The zero-order valence-corrected chi connectivity index (χ0v) is 11.0. The fourth-order valence-electron chi connectivity index (χ4n) is 1.94. The van der Waals surface area contributed by atoms with E-state index in [1.807, 2.05) is 0 Å². The summed E-state index contributed by atoms with van der Waals surface area (Å²) in [6.45, 7) is 0. The van der Waals surface area contributed by atoms with Crippen LogP contribution in [0.5, 0.6) is 0 Å². The number of hydrogen-bond donors (Lipinski definition) is 2. The lowest BCUT2D eigenvalue weighted by Crippen LogP contribution is -2.38. The molecular formula is C12H12F3N3O3. The predicted octanol–water partition coefficient (Wildman–Crippen LogP) is 2.46. The Kier molecular flexibility index (Phi) is 3.52. The minimum absolute atomic E-state index is 0.00612. The number of nitro groups is 1. The molecule has 9 heteroatoms. The van der Waals surface area contributed by atoms with Crippen molar-refractivity contribution in [2.75, 3.05) is 12.4 Å². The Labute approximate surface area is 117 Å². The highest BCUT2D eigenvalue weighted by Crippen LogP contribution is 2.52. The van der Waals surface area contributed by atoms with Gasteiger partial charge in [-0.1, -0.05) is 0 Å². The number of nitro benzene ring substituents is 1. The highest BCUT2D eigenvalue weighted by molar-refractivity contribution is 5.95. The van der Waals surface area contributed by atoms with Crippen LogP contribution in [0.25, 0.3) is 0 Å². The molecule has 0 spiro atoms. The van der Waals surface area contributed by atoms with E-state index in [1.54, 1.807) is 0 Å². The monoisotopic (exact) mass is 303 g/mol. The fraction of sp³-hybridized carbons (Fsp3) is 0.417. The van der Waals surface area contributed by atoms with Gasteiger partial charge in [-0.05, 0) is 25.0 Å². The van der Waals surface area contributed by atoms with Crippen LogP contribution in [0, 0.1) is 10.1 Å². The molecule has 114 valence electrons. The molecule has 1 fully saturated rings. The molecule has 0 radical (unpaired) electrons. The minimum Gasteiger partial charge on any atom is -0.366 e. The first-order valence-corrected chi connectivity index (χ1v) is 6.05. The van der Waals surface area contributed by atoms with Crippen LogP contribution in [-0.2, 0) is 0 Å². The lowest BCUT2D eigenvalue weighted by Gasteiger charge is -2.21. The van der Waals surface area contributed by atoms with Crippen molar-refractivity contribution in [3.05, 3.63) is 33.9 Å². The standard InChI is InChI=1S/C12H12F3N3O3/c1-16-10(19)7-2-3-8(9(6-7)18(20)21)17-11(4-5-11)12(13,14)15/h2-3,6,17H,4-5H2,1H3,(H,16,19). The normalized spacial score (nSPS) is 16.2. The number of carbonyl (C=O) groups excluding carboxylic acids is 1. The average molecular weight is 303 g/mol. The van der Waals surface area contributed by atoms with Gasteiger partial charge in [-0.15, -0.1) is 0 Å². The van der Waals surface area contributed by atoms with E-state index in [9.17, 15) is 28.1 Å². The van der Waals surface area contributed by atoms with Crippen molar-refractivity contribution in [1.29, 1.82) is 0 Å². The van der Waals surface area contributed by atoms with Gasteiger partial charge in [0.25, 0.3) is 11.6 Å². The van der Waals surface area contributed by atoms with Crippen molar-refractivity contribution in [2.24, 2.45) is 0 Å². The van der Waals surface area contributed by atoms with Gasteiger partial charge >= 0.3 is 6.18 Å². The Balaban J connectivity index is 2.36. The van der Waals surface area contributed by atoms with E-state index in [1.165, 1.54) is 13.1 Å². The maximum Gasteiger partial charge on any atom is 0.411 e. The molecule has 1 amide bonds. The molecule has 1 saturated carbocycles. The second-order valence-electron chi connectivity index (χ2n) is 4.77. The van der Waals surface area contributed by atoms with E-state index < -0.39 is 28.2 Å². The van der Waals surface area contributed by atoms with Gasteiger partial charge in [0.05, 0.1) is 4.92 Å². The molecule has 0 saturated heterocycles. The van der Waals surface area contributed by atoms with E-state index in [0.29, 0.717) is 0 Å². The third-order valence-corrected chi connectivity index (χ3v) is 3.35. The highest BCUT2D eigenvalue weighted by Gasteiger charge is 2.63. The van der Waals surface area contributed by atoms with Gasteiger partial charge in [-0.25, -0.2) is 0 Å². The average Bonchev–Trinajstić information content (AvgIpc) is 3.18. The van der Waals surface area contributed by atoms with Crippen molar-refractivity contribution in [2.45, 2.75) is 24.6 Å². The van der Waals surface area contributed by atoms with Crippen LogP contribution >= 0.6 is 0 Å². The molecule has 1 aliphatic rings. The number of nitrogens with one attached hydrogen (secondary N) is 2. The second-order valence-corrected chi connectivity index (χ2v) is 4.77. The number of hydrogen-bond acceptors (Lipinski definition) is 4. The molecule has 1 aliphatic carbocycles. The van der Waals surface area contributed by atoms with Crippen molar-refractivity contribution in [1.82, 2.24) is 5.32 Å². The largest absolute Gasteiger partial charge is 0.411 e. The Morgan fingerprint density at radius 3 is 2.43 bits per heavy atom. The number of benzene rings is 1. The summed E-state index contributed by atoms with van der Waals surface area (Å²) in [5.74, 6) is -0.554. The summed E-state index contributed by atoms with van der Waals surface area (Å²) in [4.78, 5) is 21.6. The second kappa shape index (κ2) is 4.90. The summed E-state index contributed by atoms with van der Waals surface area (Å²) in [5, 5.41) is 15.5. The molecule has 6 nitrogen and oxygen atoms in total. The number of amides is 1. The summed E-state index contributed by atoms with van der Waals surface area (Å²) in [6.07, 6.45) is -4.75. The quantitative estimate of drug-likeness (QED) is 0.661. The van der Waals surface area contributed by atoms with Crippen LogP contribution in [0.15, 0.2) is 18.2 Å². The molecule has 2 rings (SSSR count). The number of anilines is 1. The topological polar surface area (TPSA) is 84.3 Å². The minimum atomic E-state index is -4.49. The fourth-order valence-corrected chi connectivity index (χ4v) is 1.94. The molecule has 2 N–H and O–H groups in total. The van der Waals surface area contributed by atoms with Crippen molar-refractivity contribution in [3.63, 3.8) is 0 Å². The van der Waals surface area contributed by atoms with Gasteiger partial charge in [0, 0.05) is 18.7 Å². The van der Waals surface area contributed by atoms with Gasteiger partial charge in [-0.3, -0.25) is 14.9 Å². The van der Waals surface area contributed by atoms with Crippen molar-refractivity contribution < 1.29 is 22.9 Å². The molecule has 0 heterocycles. The molecule has 0 aliphatic heterocycles. The first kappa shape index (κ1) is 15.1. The Hall–Kier alpha value is -2.32. The summed E-state index contributed by atoms with van der Waals surface area (Å²) >= 11 is 0. The molecular weight excluding hydrogens is 291 g/mol. The van der Waals surface area contributed by atoms with Gasteiger partial charge in [-0.2, -0.15) is 13.2 Å². The predicted molar refractivity (Wildman–Crippen MR) is 68.1 cm³/mol. The Morgan fingerprint density at radius 2 is 2.00 bits per heavy atom. The van der Waals surface area contributed by atoms with Crippen molar-refractivity contribution >= 4 is 17.3 Å². The van der Waals surface area contributed by atoms with E-state index in [4.69, 9.17) is 0 Å². The van der Waals surface area contributed by atoms with Gasteiger partial charge in [0.1, 0.15) is 11.2 Å². The lowest BCUT2D eigenvalue weighted by molar-refractivity contribution is -0.384. The van der Waals surface area contributed by atoms with Crippen LogP contribution in [0.1, 0.15) is 23.2 Å². The Bertz CT molecular complexity index is 597. The first-order chi connectivity index (χ1) is 9.70. The zero-order chi connectivity index (χ0) is 15.8. The van der Waals surface area contributed by atoms with Crippen LogP contribution < -0.4 is 10.6 Å². The smallest absolute Gasteiger partial charge is 0.366 e. The summed E-state index contributed by atoms with van der Waals surface area (Å²) in [6, 6.07) is 3.31. The van der Waals surface area contributed by atoms with Gasteiger partial charge in [0.15, 0.2) is 0 Å². The Morgan fingerprint density at radius 1 is 1.38 bits per heavy atom. The first-order valence-electron chi connectivity index (χ1n) is 6.05. The molecule has 0 aromatic heterocycles.